The van der Waals surface area contributed by atoms with Gasteiger partial charge in [-0.15, -0.1) is 46.7 Å². The highest BCUT2D eigenvalue weighted by molar-refractivity contribution is 14.0. The third-order valence-electron chi connectivity index (χ3n) is 3.19. The van der Waals surface area contributed by atoms with Gasteiger partial charge < -0.3 is 15.7 Å². The molecule has 0 aliphatic rings. The lowest BCUT2D eigenvalue weighted by Crippen LogP contribution is -2.39. The second-order valence-electron chi connectivity index (χ2n) is 5.20. The van der Waals surface area contributed by atoms with Crippen molar-refractivity contribution in [2.24, 2.45) is 4.99 Å². The van der Waals surface area contributed by atoms with Gasteiger partial charge in [-0.25, -0.2) is 4.99 Å². The van der Waals surface area contributed by atoms with Gasteiger partial charge in [0.2, 0.25) is 0 Å². The Hall–Kier alpha value is -0.640. The van der Waals surface area contributed by atoms with E-state index >= 15 is 0 Å². The number of nitrogens with zero attached hydrogens (tertiary/aromatic N) is 1. The van der Waals surface area contributed by atoms with Crippen molar-refractivity contribution in [2.75, 3.05) is 19.6 Å². The molecular formula is C16H24IN3OS2. The van der Waals surface area contributed by atoms with Gasteiger partial charge in [-0.1, -0.05) is 12.1 Å². The van der Waals surface area contributed by atoms with Gasteiger partial charge in [-0.05, 0) is 43.2 Å². The SMILES string of the molecule is CCNC(=NCC(C)(O)c1cccs1)NCCc1cccs1.I. The molecule has 0 fully saturated rings. The number of nitrogens with one attached hydrogen (secondary N) is 2. The van der Waals surface area contributed by atoms with Crippen molar-refractivity contribution in [1.82, 2.24) is 10.6 Å². The van der Waals surface area contributed by atoms with Crippen LogP contribution in [0.15, 0.2) is 40.0 Å². The zero-order valence-corrected chi connectivity index (χ0v) is 17.4. The lowest BCUT2D eigenvalue weighted by atomic mass is 10.1. The van der Waals surface area contributed by atoms with Crippen LogP contribution in [0, 0.1) is 0 Å². The van der Waals surface area contributed by atoms with Crippen LogP contribution in [0.4, 0.5) is 0 Å². The van der Waals surface area contributed by atoms with E-state index in [9.17, 15) is 5.11 Å². The molecule has 0 spiro atoms. The van der Waals surface area contributed by atoms with Crippen LogP contribution in [0.3, 0.4) is 0 Å². The molecule has 7 heteroatoms. The second kappa shape index (κ2) is 10.3. The van der Waals surface area contributed by atoms with Gasteiger partial charge in [0.05, 0.1) is 6.54 Å². The first kappa shape index (κ1) is 20.4. The molecule has 0 saturated carbocycles. The summed E-state index contributed by atoms with van der Waals surface area (Å²) in [5.41, 5.74) is -0.926. The molecule has 128 valence electrons. The Morgan fingerprint density at radius 3 is 2.57 bits per heavy atom. The van der Waals surface area contributed by atoms with Crippen molar-refractivity contribution in [3.8, 4) is 0 Å². The summed E-state index contributed by atoms with van der Waals surface area (Å²) in [6.07, 6.45) is 0.976. The first-order valence-corrected chi connectivity index (χ1v) is 9.18. The van der Waals surface area contributed by atoms with Crippen molar-refractivity contribution in [3.63, 3.8) is 0 Å². The largest absolute Gasteiger partial charge is 0.383 e. The fourth-order valence-electron chi connectivity index (χ4n) is 2.00. The Kier molecular flexibility index (Phi) is 9.11. The summed E-state index contributed by atoms with van der Waals surface area (Å²) in [5.74, 6) is 0.746. The highest BCUT2D eigenvalue weighted by Gasteiger charge is 2.23. The van der Waals surface area contributed by atoms with Crippen molar-refractivity contribution in [2.45, 2.75) is 25.9 Å². The van der Waals surface area contributed by atoms with Crippen LogP contribution in [0.1, 0.15) is 23.6 Å². The number of hydrogen-bond acceptors (Lipinski definition) is 4. The first-order chi connectivity index (χ1) is 10.6. The first-order valence-electron chi connectivity index (χ1n) is 7.43. The molecule has 1 atom stereocenters. The zero-order chi connectivity index (χ0) is 15.8. The number of guanidine groups is 1. The zero-order valence-electron chi connectivity index (χ0n) is 13.4. The lowest BCUT2D eigenvalue weighted by molar-refractivity contribution is 0.0711. The third kappa shape index (κ3) is 6.78. The third-order valence-corrected chi connectivity index (χ3v) is 5.24. The summed E-state index contributed by atoms with van der Waals surface area (Å²) in [5, 5.41) is 21.1. The number of aliphatic hydroxyl groups is 1. The van der Waals surface area contributed by atoms with Crippen molar-refractivity contribution < 1.29 is 5.11 Å². The van der Waals surface area contributed by atoms with Crippen molar-refractivity contribution in [3.05, 3.63) is 44.8 Å². The normalized spacial score (nSPS) is 14.0. The maximum atomic E-state index is 10.5. The maximum Gasteiger partial charge on any atom is 0.191 e. The standard InChI is InChI=1S/C16H23N3OS2.HI/c1-3-17-15(18-9-8-13-6-4-10-21-13)19-12-16(2,20)14-7-5-11-22-14;/h4-7,10-11,20H,3,8-9,12H2,1-2H3,(H2,17,18,19);1H. The van der Waals surface area contributed by atoms with Crippen LogP contribution in [0.2, 0.25) is 0 Å². The minimum atomic E-state index is -0.926. The summed E-state index contributed by atoms with van der Waals surface area (Å²) >= 11 is 3.32. The van der Waals surface area contributed by atoms with Gasteiger partial charge in [0, 0.05) is 22.8 Å². The molecule has 0 radical (unpaired) electrons. The Labute approximate surface area is 163 Å². The van der Waals surface area contributed by atoms with E-state index in [0.717, 1.165) is 30.3 Å². The summed E-state index contributed by atoms with van der Waals surface area (Å²) in [4.78, 5) is 6.81. The van der Waals surface area contributed by atoms with E-state index in [4.69, 9.17) is 0 Å². The van der Waals surface area contributed by atoms with E-state index in [1.807, 2.05) is 24.4 Å². The average Bonchev–Trinajstić information content (AvgIpc) is 3.18. The van der Waals surface area contributed by atoms with Crippen LogP contribution >= 0.6 is 46.7 Å². The van der Waals surface area contributed by atoms with Crippen LogP contribution in [0.25, 0.3) is 0 Å². The maximum absolute atomic E-state index is 10.5. The molecule has 0 aliphatic heterocycles. The Balaban J connectivity index is 0.00000264. The molecule has 2 aromatic rings. The van der Waals surface area contributed by atoms with E-state index in [2.05, 4.69) is 33.1 Å². The molecule has 0 bridgehead atoms. The molecule has 0 aromatic carbocycles. The van der Waals surface area contributed by atoms with Gasteiger partial charge in [-0.3, -0.25) is 0 Å². The number of rotatable bonds is 7. The molecule has 2 rings (SSSR count). The van der Waals surface area contributed by atoms with Gasteiger partial charge >= 0.3 is 0 Å². The van der Waals surface area contributed by atoms with E-state index < -0.39 is 5.60 Å². The number of halogens is 1. The Bertz CT molecular complexity index is 568. The summed E-state index contributed by atoms with van der Waals surface area (Å²) in [6, 6.07) is 8.09. The predicted octanol–water partition coefficient (Wildman–Crippen LogP) is 3.43. The van der Waals surface area contributed by atoms with Gasteiger partial charge in [-0.2, -0.15) is 0 Å². The van der Waals surface area contributed by atoms with E-state index in [-0.39, 0.29) is 24.0 Å². The number of aliphatic imine (C=N–C) groups is 1. The van der Waals surface area contributed by atoms with Crippen LogP contribution in [0.5, 0.6) is 0 Å². The van der Waals surface area contributed by atoms with Crippen molar-refractivity contribution in [1.29, 1.82) is 0 Å². The lowest BCUT2D eigenvalue weighted by Gasteiger charge is -2.20. The van der Waals surface area contributed by atoms with E-state index in [1.165, 1.54) is 4.88 Å². The monoisotopic (exact) mass is 465 g/mol. The Morgan fingerprint density at radius 1 is 1.22 bits per heavy atom. The fourth-order valence-corrected chi connectivity index (χ4v) is 3.48. The predicted molar refractivity (Wildman–Crippen MR) is 111 cm³/mol. The summed E-state index contributed by atoms with van der Waals surface area (Å²) < 4.78 is 0. The van der Waals surface area contributed by atoms with Crippen LogP contribution < -0.4 is 10.6 Å². The van der Waals surface area contributed by atoms with Gasteiger partial charge in [0.15, 0.2) is 5.96 Å². The molecule has 0 amide bonds. The molecule has 3 N–H and O–H groups in total. The highest BCUT2D eigenvalue weighted by Crippen LogP contribution is 2.25. The van der Waals surface area contributed by atoms with Gasteiger partial charge in [0.25, 0.3) is 0 Å². The topological polar surface area (TPSA) is 56.7 Å². The quantitative estimate of drug-likeness (QED) is 0.334. The minimum absolute atomic E-state index is 0. The number of hydrogen-bond donors (Lipinski definition) is 3. The molecule has 2 aromatic heterocycles. The molecule has 4 nitrogen and oxygen atoms in total. The Morgan fingerprint density at radius 2 is 1.96 bits per heavy atom. The van der Waals surface area contributed by atoms with E-state index in [1.54, 1.807) is 29.6 Å². The van der Waals surface area contributed by atoms with Crippen LogP contribution in [-0.2, 0) is 12.0 Å². The second-order valence-corrected chi connectivity index (χ2v) is 7.18. The minimum Gasteiger partial charge on any atom is -0.383 e. The van der Waals surface area contributed by atoms with E-state index in [0.29, 0.717) is 6.54 Å². The smallest absolute Gasteiger partial charge is 0.191 e. The number of thiophene rings is 2. The summed E-state index contributed by atoms with van der Waals surface area (Å²) in [6.45, 7) is 5.80. The fraction of sp³-hybridized carbons (Fsp3) is 0.438. The van der Waals surface area contributed by atoms with Crippen LogP contribution in [-0.4, -0.2) is 30.7 Å². The van der Waals surface area contributed by atoms with Crippen molar-refractivity contribution >= 4 is 52.6 Å². The highest BCUT2D eigenvalue weighted by atomic mass is 127. The molecule has 0 aliphatic carbocycles. The molecule has 0 saturated heterocycles. The molecule has 23 heavy (non-hydrogen) atoms. The molecule has 1 unspecified atom stereocenters. The average molecular weight is 465 g/mol. The molecular weight excluding hydrogens is 441 g/mol. The van der Waals surface area contributed by atoms with Gasteiger partial charge in [0.1, 0.15) is 5.60 Å². The molecule has 2 heterocycles. The summed E-state index contributed by atoms with van der Waals surface area (Å²) in [7, 11) is 0.